The molecule has 2 aliphatic rings. The Morgan fingerprint density at radius 1 is 1.53 bits per heavy atom. The van der Waals surface area contributed by atoms with Crippen LogP contribution < -0.4 is 11.1 Å². The van der Waals surface area contributed by atoms with E-state index in [0.29, 0.717) is 12.5 Å². The van der Waals surface area contributed by atoms with Crippen LogP contribution in [0.1, 0.15) is 32.6 Å². The van der Waals surface area contributed by atoms with Gasteiger partial charge < -0.3 is 11.1 Å². The van der Waals surface area contributed by atoms with Gasteiger partial charge in [-0.25, -0.2) is 0 Å². The van der Waals surface area contributed by atoms with E-state index in [1.165, 1.54) is 0 Å². The van der Waals surface area contributed by atoms with E-state index in [4.69, 9.17) is 5.73 Å². The molecule has 1 aliphatic heterocycles. The van der Waals surface area contributed by atoms with Gasteiger partial charge in [-0.1, -0.05) is 6.92 Å². The second kappa shape index (κ2) is 4.10. The zero-order valence-electron chi connectivity index (χ0n) is 9.46. The molecule has 86 valence electrons. The van der Waals surface area contributed by atoms with Crippen molar-refractivity contribution in [1.82, 2.24) is 10.2 Å². The van der Waals surface area contributed by atoms with E-state index in [1.807, 2.05) is 0 Å². The molecule has 0 bridgehead atoms. The molecule has 0 radical (unpaired) electrons. The average Bonchev–Trinajstić information content (AvgIpc) is 2.94. The monoisotopic (exact) mass is 211 g/mol. The molecule has 0 atom stereocenters. The van der Waals surface area contributed by atoms with E-state index in [0.717, 1.165) is 38.9 Å². The van der Waals surface area contributed by atoms with Crippen molar-refractivity contribution in [3.05, 3.63) is 0 Å². The summed E-state index contributed by atoms with van der Waals surface area (Å²) in [5, 5.41) is 3.00. The smallest absolute Gasteiger partial charge is 0.221 e. The predicted octanol–water partition coefficient (Wildman–Crippen LogP) is 0.0782. The van der Waals surface area contributed by atoms with Gasteiger partial charge in [0, 0.05) is 37.6 Å². The van der Waals surface area contributed by atoms with Gasteiger partial charge in [-0.3, -0.25) is 9.69 Å². The molecule has 0 aromatic heterocycles. The van der Waals surface area contributed by atoms with E-state index < -0.39 is 0 Å². The Balaban J connectivity index is 1.57. The molecule has 0 aromatic rings. The summed E-state index contributed by atoms with van der Waals surface area (Å²) in [7, 11) is 0. The maximum atomic E-state index is 11.4. The zero-order chi connectivity index (χ0) is 10.9. The lowest BCUT2D eigenvalue weighted by molar-refractivity contribution is -0.122. The Morgan fingerprint density at radius 3 is 2.73 bits per heavy atom. The molecular formula is C11H21N3O. The molecule has 0 spiro atoms. The second-order valence-electron chi connectivity index (χ2n) is 5.02. The molecule has 1 heterocycles. The van der Waals surface area contributed by atoms with Crippen LogP contribution in [0, 0.1) is 0 Å². The van der Waals surface area contributed by atoms with Crippen molar-refractivity contribution < 1.29 is 4.79 Å². The minimum Gasteiger partial charge on any atom is -0.353 e. The lowest BCUT2D eigenvalue weighted by Crippen LogP contribution is -2.67. The van der Waals surface area contributed by atoms with Gasteiger partial charge in [0.15, 0.2) is 0 Å². The number of hydrogen-bond acceptors (Lipinski definition) is 3. The van der Waals surface area contributed by atoms with Gasteiger partial charge in [0.05, 0.1) is 0 Å². The molecule has 1 saturated heterocycles. The number of carbonyl (C=O) groups excluding carboxylic acids is 1. The minimum atomic E-state index is 0.0208. The van der Waals surface area contributed by atoms with Gasteiger partial charge in [-0.05, 0) is 19.3 Å². The standard InChI is InChI=1S/C11H21N3O/c1-2-11(12)7-14(8-11)6-5-10(15)13-9-3-4-9/h9H,2-8,12H2,1H3,(H,13,15). The van der Waals surface area contributed by atoms with Gasteiger partial charge in [0.1, 0.15) is 0 Å². The number of nitrogens with two attached hydrogens (primary N) is 1. The van der Waals surface area contributed by atoms with Crippen LogP contribution in [0.4, 0.5) is 0 Å². The normalized spacial score (nSPS) is 24.7. The largest absolute Gasteiger partial charge is 0.353 e. The highest BCUT2D eigenvalue weighted by Crippen LogP contribution is 2.22. The molecule has 1 saturated carbocycles. The molecule has 4 nitrogen and oxygen atoms in total. The quantitative estimate of drug-likeness (QED) is 0.677. The zero-order valence-corrected chi connectivity index (χ0v) is 9.46. The molecule has 15 heavy (non-hydrogen) atoms. The van der Waals surface area contributed by atoms with Gasteiger partial charge in [0.25, 0.3) is 0 Å². The molecule has 1 amide bonds. The van der Waals surface area contributed by atoms with Crippen LogP contribution in [-0.2, 0) is 4.79 Å². The van der Waals surface area contributed by atoms with Crippen LogP contribution >= 0.6 is 0 Å². The maximum absolute atomic E-state index is 11.4. The fourth-order valence-electron chi connectivity index (χ4n) is 2.01. The minimum absolute atomic E-state index is 0.0208. The predicted molar refractivity (Wildman–Crippen MR) is 59.4 cm³/mol. The Labute approximate surface area is 91.2 Å². The molecular weight excluding hydrogens is 190 g/mol. The molecule has 2 fully saturated rings. The first kappa shape index (κ1) is 10.9. The fourth-order valence-corrected chi connectivity index (χ4v) is 2.01. The molecule has 1 aliphatic carbocycles. The van der Waals surface area contributed by atoms with Crippen molar-refractivity contribution in [2.75, 3.05) is 19.6 Å². The molecule has 0 unspecified atom stereocenters. The Bertz CT molecular complexity index is 244. The van der Waals surface area contributed by atoms with Crippen molar-refractivity contribution in [1.29, 1.82) is 0 Å². The van der Waals surface area contributed by atoms with Gasteiger partial charge >= 0.3 is 0 Å². The first-order valence-electron chi connectivity index (χ1n) is 5.92. The maximum Gasteiger partial charge on any atom is 0.221 e. The number of rotatable bonds is 5. The lowest BCUT2D eigenvalue weighted by Gasteiger charge is -2.47. The Morgan fingerprint density at radius 2 is 2.20 bits per heavy atom. The van der Waals surface area contributed by atoms with Gasteiger partial charge in [-0.15, -0.1) is 0 Å². The van der Waals surface area contributed by atoms with E-state index in [1.54, 1.807) is 0 Å². The number of likely N-dealkylation sites (tertiary alicyclic amines) is 1. The SMILES string of the molecule is CCC1(N)CN(CCC(=O)NC2CC2)C1. The summed E-state index contributed by atoms with van der Waals surface area (Å²) in [6.07, 6.45) is 3.97. The topological polar surface area (TPSA) is 58.4 Å². The van der Waals surface area contributed by atoms with Crippen LogP contribution in [0.15, 0.2) is 0 Å². The summed E-state index contributed by atoms with van der Waals surface area (Å²) in [5.41, 5.74) is 6.07. The first-order valence-corrected chi connectivity index (χ1v) is 5.92. The summed E-state index contributed by atoms with van der Waals surface area (Å²) in [6, 6.07) is 0.484. The van der Waals surface area contributed by atoms with Crippen molar-refractivity contribution in [2.45, 2.75) is 44.2 Å². The number of nitrogens with zero attached hydrogens (tertiary/aromatic N) is 1. The molecule has 3 N–H and O–H groups in total. The Kier molecular flexibility index (Phi) is 2.98. The second-order valence-corrected chi connectivity index (χ2v) is 5.02. The van der Waals surface area contributed by atoms with Crippen LogP contribution in [0.2, 0.25) is 0 Å². The lowest BCUT2D eigenvalue weighted by atomic mass is 9.88. The van der Waals surface area contributed by atoms with E-state index in [9.17, 15) is 4.79 Å². The highest BCUT2D eigenvalue weighted by molar-refractivity contribution is 5.76. The van der Waals surface area contributed by atoms with Crippen molar-refractivity contribution in [3.63, 3.8) is 0 Å². The summed E-state index contributed by atoms with van der Waals surface area (Å²) in [6.45, 7) is 4.87. The van der Waals surface area contributed by atoms with Crippen LogP contribution in [0.3, 0.4) is 0 Å². The van der Waals surface area contributed by atoms with Crippen LogP contribution in [0.5, 0.6) is 0 Å². The summed E-state index contributed by atoms with van der Waals surface area (Å²) in [5.74, 6) is 0.198. The van der Waals surface area contributed by atoms with Crippen molar-refractivity contribution in [2.24, 2.45) is 5.73 Å². The summed E-state index contributed by atoms with van der Waals surface area (Å²) in [4.78, 5) is 13.7. The fraction of sp³-hybridized carbons (Fsp3) is 0.909. The van der Waals surface area contributed by atoms with Crippen molar-refractivity contribution >= 4 is 5.91 Å². The Hall–Kier alpha value is -0.610. The number of amides is 1. The van der Waals surface area contributed by atoms with Gasteiger partial charge in [0.2, 0.25) is 5.91 Å². The van der Waals surface area contributed by atoms with E-state index >= 15 is 0 Å². The molecule has 2 rings (SSSR count). The van der Waals surface area contributed by atoms with E-state index in [2.05, 4.69) is 17.1 Å². The number of hydrogen-bond donors (Lipinski definition) is 2. The third-order valence-electron chi connectivity index (χ3n) is 3.38. The highest BCUT2D eigenvalue weighted by Gasteiger charge is 2.37. The first-order chi connectivity index (χ1) is 7.11. The van der Waals surface area contributed by atoms with E-state index in [-0.39, 0.29) is 11.4 Å². The third-order valence-corrected chi connectivity index (χ3v) is 3.38. The van der Waals surface area contributed by atoms with Crippen molar-refractivity contribution in [3.8, 4) is 0 Å². The number of carbonyl (C=O) groups is 1. The number of nitrogens with one attached hydrogen (secondary N) is 1. The van der Waals surface area contributed by atoms with Crippen LogP contribution in [-0.4, -0.2) is 42.0 Å². The summed E-state index contributed by atoms with van der Waals surface area (Å²) < 4.78 is 0. The highest BCUT2D eigenvalue weighted by atomic mass is 16.1. The van der Waals surface area contributed by atoms with Gasteiger partial charge in [-0.2, -0.15) is 0 Å². The molecule has 4 heteroatoms. The molecule has 0 aromatic carbocycles. The average molecular weight is 211 g/mol. The van der Waals surface area contributed by atoms with Crippen LogP contribution in [0.25, 0.3) is 0 Å². The summed E-state index contributed by atoms with van der Waals surface area (Å²) >= 11 is 0. The third kappa shape index (κ3) is 2.92.